The maximum atomic E-state index is 4.68. The fraction of sp³-hybridized carbons (Fsp3) is 0.611. The monoisotopic (exact) mass is 304 g/mol. The van der Waals surface area contributed by atoms with Gasteiger partial charge < -0.3 is 10.6 Å². The number of hydrogen-bond acceptors (Lipinski definition) is 2. The molecule has 0 aliphatic carbocycles. The van der Waals surface area contributed by atoms with Crippen molar-refractivity contribution in [2.75, 3.05) is 26.2 Å². The second-order valence-electron chi connectivity index (χ2n) is 5.64. The zero-order valence-electron chi connectivity index (χ0n) is 14.8. The van der Waals surface area contributed by atoms with Crippen LogP contribution in [0.25, 0.3) is 0 Å². The van der Waals surface area contributed by atoms with Gasteiger partial charge in [0.25, 0.3) is 0 Å². The van der Waals surface area contributed by atoms with Crippen molar-refractivity contribution >= 4 is 5.96 Å². The standard InChI is InChI=1S/C18H32N4/c1-6-19-18(20-13-16(5)22(7-2)8-3)21-14-17-11-9-10-15(4)12-17/h9-12,16H,6-8,13-14H2,1-5H3,(H2,19,20,21). The molecule has 0 bridgehead atoms. The van der Waals surface area contributed by atoms with Crippen LogP contribution in [0.4, 0.5) is 0 Å². The molecule has 1 rings (SSSR count). The first-order valence-corrected chi connectivity index (χ1v) is 8.42. The molecule has 4 heteroatoms. The van der Waals surface area contributed by atoms with Crippen molar-refractivity contribution in [1.29, 1.82) is 0 Å². The first-order valence-electron chi connectivity index (χ1n) is 8.42. The summed E-state index contributed by atoms with van der Waals surface area (Å²) in [5.41, 5.74) is 2.52. The van der Waals surface area contributed by atoms with Crippen molar-refractivity contribution in [2.24, 2.45) is 4.99 Å². The van der Waals surface area contributed by atoms with Crippen LogP contribution >= 0.6 is 0 Å². The van der Waals surface area contributed by atoms with Crippen LogP contribution in [-0.2, 0) is 6.54 Å². The number of aryl methyl sites for hydroxylation is 1. The first-order chi connectivity index (χ1) is 10.6. The van der Waals surface area contributed by atoms with Crippen LogP contribution in [0.3, 0.4) is 0 Å². The van der Waals surface area contributed by atoms with E-state index in [2.05, 4.69) is 79.4 Å². The Morgan fingerprint density at radius 2 is 1.91 bits per heavy atom. The molecule has 0 aliphatic rings. The van der Waals surface area contributed by atoms with Crippen LogP contribution in [0.15, 0.2) is 29.3 Å². The summed E-state index contributed by atoms with van der Waals surface area (Å²) < 4.78 is 0. The third kappa shape index (κ3) is 6.48. The summed E-state index contributed by atoms with van der Waals surface area (Å²) in [6.45, 7) is 15.5. The molecule has 0 aromatic heterocycles. The lowest BCUT2D eigenvalue weighted by Crippen LogP contribution is -2.45. The predicted octanol–water partition coefficient (Wildman–Crippen LogP) is 2.78. The Kier molecular flexibility index (Phi) is 8.60. The van der Waals surface area contributed by atoms with Gasteiger partial charge in [0.15, 0.2) is 5.96 Å². The van der Waals surface area contributed by atoms with Gasteiger partial charge in [0, 0.05) is 19.1 Å². The quantitative estimate of drug-likeness (QED) is 0.573. The maximum absolute atomic E-state index is 4.68. The molecule has 4 nitrogen and oxygen atoms in total. The molecule has 0 spiro atoms. The minimum atomic E-state index is 0.498. The fourth-order valence-electron chi connectivity index (χ4n) is 2.54. The normalized spacial score (nSPS) is 13.3. The SMILES string of the molecule is CCNC(=NCc1cccc(C)c1)NCC(C)N(CC)CC. The molecule has 0 saturated carbocycles. The molecule has 0 amide bonds. The van der Waals surface area contributed by atoms with E-state index in [0.717, 1.165) is 32.1 Å². The van der Waals surface area contributed by atoms with E-state index in [1.165, 1.54) is 11.1 Å². The number of guanidine groups is 1. The van der Waals surface area contributed by atoms with E-state index in [-0.39, 0.29) is 0 Å². The van der Waals surface area contributed by atoms with Crippen LogP contribution in [0, 0.1) is 6.92 Å². The highest BCUT2D eigenvalue weighted by Crippen LogP contribution is 2.05. The van der Waals surface area contributed by atoms with Gasteiger partial charge in [-0.3, -0.25) is 4.90 Å². The Labute approximate surface area is 136 Å². The van der Waals surface area contributed by atoms with E-state index < -0.39 is 0 Å². The van der Waals surface area contributed by atoms with Crippen molar-refractivity contribution in [2.45, 2.75) is 47.2 Å². The van der Waals surface area contributed by atoms with Crippen molar-refractivity contribution in [3.05, 3.63) is 35.4 Å². The van der Waals surface area contributed by atoms with Crippen molar-refractivity contribution < 1.29 is 0 Å². The number of rotatable bonds is 8. The predicted molar refractivity (Wildman–Crippen MR) is 96.4 cm³/mol. The van der Waals surface area contributed by atoms with E-state index in [1.807, 2.05) is 0 Å². The van der Waals surface area contributed by atoms with Gasteiger partial charge in [-0.1, -0.05) is 43.7 Å². The Hall–Kier alpha value is -1.55. The third-order valence-electron chi connectivity index (χ3n) is 3.85. The van der Waals surface area contributed by atoms with Crippen LogP contribution in [0.5, 0.6) is 0 Å². The van der Waals surface area contributed by atoms with Crippen molar-refractivity contribution in [1.82, 2.24) is 15.5 Å². The zero-order chi connectivity index (χ0) is 16.4. The fourth-order valence-corrected chi connectivity index (χ4v) is 2.54. The van der Waals surface area contributed by atoms with Gasteiger partial charge in [-0.15, -0.1) is 0 Å². The van der Waals surface area contributed by atoms with Gasteiger partial charge >= 0.3 is 0 Å². The topological polar surface area (TPSA) is 39.7 Å². The molecule has 1 aromatic rings. The molecule has 1 aromatic carbocycles. The maximum Gasteiger partial charge on any atom is 0.191 e. The summed E-state index contributed by atoms with van der Waals surface area (Å²) in [7, 11) is 0. The Morgan fingerprint density at radius 3 is 2.50 bits per heavy atom. The van der Waals surface area contributed by atoms with Crippen molar-refractivity contribution in [3.63, 3.8) is 0 Å². The third-order valence-corrected chi connectivity index (χ3v) is 3.85. The van der Waals surface area contributed by atoms with E-state index >= 15 is 0 Å². The molecule has 1 atom stereocenters. The molecule has 124 valence electrons. The molecule has 0 aliphatic heterocycles. The molecule has 1 unspecified atom stereocenters. The van der Waals surface area contributed by atoms with Gasteiger partial charge in [-0.2, -0.15) is 0 Å². The van der Waals surface area contributed by atoms with E-state index in [4.69, 9.17) is 0 Å². The summed E-state index contributed by atoms with van der Waals surface area (Å²) in [6.07, 6.45) is 0. The summed E-state index contributed by atoms with van der Waals surface area (Å²) in [5, 5.41) is 6.77. The van der Waals surface area contributed by atoms with Gasteiger partial charge in [-0.05, 0) is 39.4 Å². The van der Waals surface area contributed by atoms with E-state index in [1.54, 1.807) is 0 Å². The highest BCUT2D eigenvalue weighted by Gasteiger charge is 2.10. The smallest absolute Gasteiger partial charge is 0.191 e. The minimum absolute atomic E-state index is 0.498. The lowest BCUT2D eigenvalue weighted by Gasteiger charge is -2.27. The van der Waals surface area contributed by atoms with Crippen LogP contribution in [0.2, 0.25) is 0 Å². The Morgan fingerprint density at radius 1 is 1.18 bits per heavy atom. The minimum Gasteiger partial charge on any atom is -0.357 e. The van der Waals surface area contributed by atoms with Crippen LogP contribution in [0.1, 0.15) is 38.8 Å². The summed E-state index contributed by atoms with van der Waals surface area (Å²) in [4.78, 5) is 7.13. The summed E-state index contributed by atoms with van der Waals surface area (Å²) >= 11 is 0. The average Bonchev–Trinajstić information content (AvgIpc) is 2.51. The molecule has 2 N–H and O–H groups in total. The Bertz CT molecular complexity index is 452. The number of hydrogen-bond donors (Lipinski definition) is 2. The molecular formula is C18H32N4. The van der Waals surface area contributed by atoms with Gasteiger partial charge in [0.2, 0.25) is 0 Å². The molecule has 0 saturated heterocycles. The molecular weight excluding hydrogens is 272 g/mol. The van der Waals surface area contributed by atoms with Crippen molar-refractivity contribution in [3.8, 4) is 0 Å². The summed E-state index contributed by atoms with van der Waals surface area (Å²) in [6, 6.07) is 9.01. The summed E-state index contributed by atoms with van der Waals surface area (Å²) in [5.74, 6) is 0.892. The van der Waals surface area contributed by atoms with E-state index in [9.17, 15) is 0 Å². The average molecular weight is 304 g/mol. The molecule has 22 heavy (non-hydrogen) atoms. The lowest BCUT2D eigenvalue weighted by molar-refractivity contribution is 0.231. The highest BCUT2D eigenvalue weighted by atomic mass is 15.2. The number of benzene rings is 1. The number of nitrogens with zero attached hydrogens (tertiary/aromatic N) is 2. The molecule has 0 radical (unpaired) electrons. The van der Waals surface area contributed by atoms with Gasteiger partial charge in [0.05, 0.1) is 6.54 Å². The lowest BCUT2D eigenvalue weighted by atomic mass is 10.1. The first kappa shape index (κ1) is 18.5. The largest absolute Gasteiger partial charge is 0.357 e. The van der Waals surface area contributed by atoms with Crippen LogP contribution in [-0.4, -0.2) is 43.1 Å². The second kappa shape index (κ2) is 10.2. The number of nitrogens with one attached hydrogen (secondary N) is 2. The second-order valence-corrected chi connectivity index (χ2v) is 5.64. The highest BCUT2D eigenvalue weighted by molar-refractivity contribution is 5.79. The van der Waals surface area contributed by atoms with Gasteiger partial charge in [-0.25, -0.2) is 4.99 Å². The van der Waals surface area contributed by atoms with Gasteiger partial charge in [0.1, 0.15) is 0 Å². The van der Waals surface area contributed by atoms with E-state index in [0.29, 0.717) is 12.6 Å². The molecule has 0 fully saturated rings. The Balaban J connectivity index is 2.58. The number of likely N-dealkylation sites (N-methyl/N-ethyl adjacent to an activating group) is 1. The molecule has 0 heterocycles. The van der Waals surface area contributed by atoms with Crippen LogP contribution < -0.4 is 10.6 Å². The zero-order valence-corrected chi connectivity index (χ0v) is 14.8. The number of aliphatic imine (C=N–C) groups is 1.